The number of carbonyl (C=O) groups is 1. The molecule has 1 saturated heterocycles. The maximum absolute atomic E-state index is 12.0. The number of rotatable bonds is 8. The first-order valence-corrected chi connectivity index (χ1v) is 9.04. The molecule has 0 spiro atoms. The molecule has 1 aromatic rings. The number of nitrogens with one attached hydrogen (secondary N) is 1. The number of unbranched alkanes of at least 4 members (excludes halogenated alkanes) is 3. The van der Waals surface area contributed by atoms with E-state index >= 15 is 0 Å². The third-order valence-electron chi connectivity index (χ3n) is 4.64. The van der Waals surface area contributed by atoms with E-state index in [1.54, 1.807) is 0 Å². The molecular formula is C19H31N3O. The molecule has 0 saturated carbocycles. The van der Waals surface area contributed by atoms with Crippen molar-refractivity contribution in [2.45, 2.75) is 51.9 Å². The van der Waals surface area contributed by atoms with Gasteiger partial charge in [0.15, 0.2) is 0 Å². The van der Waals surface area contributed by atoms with Crippen molar-refractivity contribution in [2.75, 3.05) is 29.9 Å². The van der Waals surface area contributed by atoms with Gasteiger partial charge in [0, 0.05) is 30.9 Å². The van der Waals surface area contributed by atoms with Gasteiger partial charge in [0.05, 0.1) is 0 Å². The summed E-state index contributed by atoms with van der Waals surface area (Å²) in [5, 5.41) is 3.03. The third kappa shape index (κ3) is 6.22. The molecule has 0 aromatic heterocycles. The predicted molar refractivity (Wildman–Crippen MR) is 97.8 cm³/mol. The summed E-state index contributed by atoms with van der Waals surface area (Å²) in [5.74, 6) is 0.940. The molecular weight excluding hydrogens is 286 g/mol. The smallest absolute Gasteiger partial charge is 0.224 e. The van der Waals surface area contributed by atoms with Crippen LogP contribution in [-0.4, -0.2) is 25.5 Å². The van der Waals surface area contributed by atoms with Crippen molar-refractivity contribution in [2.24, 2.45) is 11.7 Å². The zero-order valence-corrected chi connectivity index (χ0v) is 14.4. The second kappa shape index (κ2) is 9.56. The molecule has 23 heavy (non-hydrogen) atoms. The minimum Gasteiger partial charge on any atom is -0.371 e. The summed E-state index contributed by atoms with van der Waals surface area (Å²) < 4.78 is 0. The molecule has 1 aliphatic rings. The molecule has 0 unspecified atom stereocenters. The van der Waals surface area contributed by atoms with E-state index in [1.165, 1.54) is 18.5 Å². The van der Waals surface area contributed by atoms with Crippen molar-refractivity contribution in [3.05, 3.63) is 24.3 Å². The summed E-state index contributed by atoms with van der Waals surface area (Å²) in [6, 6.07) is 8.24. The number of hydrogen-bond donors (Lipinski definition) is 2. The molecule has 1 aromatic carbocycles. The minimum absolute atomic E-state index is 0.113. The largest absolute Gasteiger partial charge is 0.371 e. The van der Waals surface area contributed by atoms with Crippen LogP contribution in [0.1, 0.15) is 51.9 Å². The monoisotopic (exact) mass is 317 g/mol. The van der Waals surface area contributed by atoms with Crippen LogP contribution in [0.5, 0.6) is 0 Å². The van der Waals surface area contributed by atoms with Crippen LogP contribution < -0.4 is 16.0 Å². The van der Waals surface area contributed by atoms with Crippen LogP contribution in [0, 0.1) is 5.92 Å². The van der Waals surface area contributed by atoms with Gasteiger partial charge < -0.3 is 16.0 Å². The van der Waals surface area contributed by atoms with Gasteiger partial charge in [-0.15, -0.1) is 0 Å². The van der Waals surface area contributed by atoms with Crippen LogP contribution in [0.2, 0.25) is 0 Å². The second-order valence-electron chi connectivity index (χ2n) is 6.72. The lowest BCUT2D eigenvalue weighted by Gasteiger charge is -2.32. The second-order valence-corrected chi connectivity index (χ2v) is 6.72. The summed E-state index contributed by atoms with van der Waals surface area (Å²) in [6.45, 7) is 5.29. The number of carbonyl (C=O) groups excluding carboxylic acids is 1. The quantitative estimate of drug-likeness (QED) is 0.718. The van der Waals surface area contributed by atoms with E-state index in [0.717, 1.165) is 56.9 Å². The fourth-order valence-electron chi connectivity index (χ4n) is 3.05. The van der Waals surface area contributed by atoms with Gasteiger partial charge in [-0.3, -0.25) is 4.79 Å². The first-order chi connectivity index (χ1) is 11.2. The van der Waals surface area contributed by atoms with E-state index in [4.69, 9.17) is 5.73 Å². The molecule has 0 aliphatic carbocycles. The average molecular weight is 317 g/mol. The Labute approximate surface area is 140 Å². The molecule has 4 heteroatoms. The number of benzene rings is 1. The Hall–Kier alpha value is -1.55. The zero-order valence-electron chi connectivity index (χ0n) is 14.4. The van der Waals surface area contributed by atoms with Gasteiger partial charge in [-0.05, 0) is 56.3 Å². The van der Waals surface area contributed by atoms with Gasteiger partial charge in [0.25, 0.3) is 0 Å². The van der Waals surface area contributed by atoms with Crippen molar-refractivity contribution in [3.8, 4) is 0 Å². The van der Waals surface area contributed by atoms with E-state index in [2.05, 4.69) is 29.3 Å². The van der Waals surface area contributed by atoms with Crippen LogP contribution in [0.3, 0.4) is 0 Å². The van der Waals surface area contributed by atoms with Crippen LogP contribution in [0.25, 0.3) is 0 Å². The number of anilines is 2. The van der Waals surface area contributed by atoms with Gasteiger partial charge in [0.2, 0.25) is 5.91 Å². The van der Waals surface area contributed by atoms with Gasteiger partial charge >= 0.3 is 0 Å². The highest BCUT2D eigenvalue weighted by atomic mass is 16.1. The predicted octanol–water partition coefficient (Wildman–Crippen LogP) is 3.77. The standard InChI is InChI=1S/C19H31N3O/c1-16-10-13-22(14-11-16)18-8-6-7-17(15-18)21-19(23)9-4-2-3-5-12-20/h6-8,15-16H,2-5,9-14,20H2,1H3,(H,21,23). The molecule has 0 bridgehead atoms. The summed E-state index contributed by atoms with van der Waals surface area (Å²) in [6.07, 6.45) is 7.28. The van der Waals surface area contributed by atoms with Crippen molar-refractivity contribution < 1.29 is 4.79 Å². The molecule has 4 nitrogen and oxygen atoms in total. The number of piperidine rings is 1. The van der Waals surface area contributed by atoms with Crippen molar-refractivity contribution >= 4 is 17.3 Å². The zero-order chi connectivity index (χ0) is 16.5. The summed E-state index contributed by atoms with van der Waals surface area (Å²) >= 11 is 0. The number of hydrogen-bond acceptors (Lipinski definition) is 3. The Kier molecular flexibility index (Phi) is 7.40. The molecule has 1 fully saturated rings. The maximum Gasteiger partial charge on any atom is 0.224 e. The van der Waals surface area contributed by atoms with Crippen LogP contribution in [-0.2, 0) is 4.79 Å². The normalized spacial score (nSPS) is 15.7. The Balaban J connectivity index is 1.79. The van der Waals surface area contributed by atoms with Gasteiger partial charge in [0.1, 0.15) is 0 Å². The maximum atomic E-state index is 12.0. The molecule has 0 radical (unpaired) electrons. The molecule has 3 N–H and O–H groups in total. The Morgan fingerprint density at radius 3 is 2.70 bits per heavy atom. The molecule has 2 rings (SSSR count). The molecule has 128 valence electrons. The summed E-state index contributed by atoms with van der Waals surface area (Å²) in [5.41, 5.74) is 7.60. The van der Waals surface area contributed by atoms with E-state index in [-0.39, 0.29) is 5.91 Å². The number of amides is 1. The van der Waals surface area contributed by atoms with E-state index in [1.807, 2.05) is 12.1 Å². The third-order valence-corrected chi connectivity index (χ3v) is 4.64. The van der Waals surface area contributed by atoms with Crippen LogP contribution >= 0.6 is 0 Å². The van der Waals surface area contributed by atoms with Gasteiger partial charge in [-0.1, -0.05) is 25.8 Å². The molecule has 1 aliphatic heterocycles. The average Bonchev–Trinajstić information content (AvgIpc) is 2.55. The van der Waals surface area contributed by atoms with Gasteiger partial charge in [-0.25, -0.2) is 0 Å². The van der Waals surface area contributed by atoms with Crippen molar-refractivity contribution in [3.63, 3.8) is 0 Å². The molecule has 0 atom stereocenters. The lowest BCUT2D eigenvalue weighted by molar-refractivity contribution is -0.116. The fraction of sp³-hybridized carbons (Fsp3) is 0.632. The number of nitrogens with zero attached hydrogens (tertiary/aromatic N) is 1. The Morgan fingerprint density at radius 2 is 1.96 bits per heavy atom. The first kappa shape index (κ1) is 17.8. The first-order valence-electron chi connectivity index (χ1n) is 9.04. The highest BCUT2D eigenvalue weighted by Gasteiger charge is 2.16. The van der Waals surface area contributed by atoms with Crippen LogP contribution in [0.15, 0.2) is 24.3 Å². The van der Waals surface area contributed by atoms with Gasteiger partial charge in [-0.2, -0.15) is 0 Å². The van der Waals surface area contributed by atoms with E-state index in [9.17, 15) is 4.79 Å². The molecule has 1 heterocycles. The van der Waals surface area contributed by atoms with Crippen LogP contribution in [0.4, 0.5) is 11.4 Å². The fourth-order valence-corrected chi connectivity index (χ4v) is 3.05. The highest BCUT2D eigenvalue weighted by molar-refractivity contribution is 5.91. The summed E-state index contributed by atoms with van der Waals surface area (Å²) in [7, 11) is 0. The summed E-state index contributed by atoms with van der Waals surface area (Å²) in [4.78, 5) is 14.4. The Bertz CT molecular complexity index is 481. The van der Waals surface area contributed by atoms with Crippen molar-refractivity contribution in [1.29, 1.82) is 0 Å². The van der Waals surface area contributed by atoms with Crippen molar-refractivity contribution in [1.82, 2.24) is 0 Å². The highest BCUT2D eigenvalue weighted by Crippen LogP contribution is 2.25. The minimum atomic E-state index is 0.113. The lowest BCUT2D eigenvalue weighted by atomic mass is 9.99. The SMILES string of the molecule is CC1CCN(c2cccc(NC(=O)CCCCCCN)c2)CC1. The molecule has 1 amide bonds. The topological polar surface area (TPSA) is 58.4 Å². The lowest BCUT2D eigenvalue weighted by Crippen LogP contribution is -2.32. The number of nitrogens with two attached hydrogens (primary N) is 1. The van der Waals surface area contributed by atoms with E-state index < -0.39 is 0 Å². The Morgan fingerprint density at radius 1 is 1.22 bits per heavy atom. The van der Waals surface area contributed by atoms with E-state index in [0.29, 0.717) is 6.42 Å².